The van der Waals surface area contributed by atoms with Crippen molar-refractivity contribution in [1.29, 1.82) is 0 Å². The van der Waals surface area contributed by atoms with Crippen molar-refractivity contribution in [2.75, 3.05) is 18.5 Å². The SMILES string of the molecule is CC(C)(CBr)C[C@@H]1CCOC1. The summed E-state index contributed by atoms with van der Waals surface area (Å²) in [5, 5.41) is 1.09. The Kier molecular flexibility index (Phi) is 3.38. The highest BCUT2D eigenvalue weighted by molar-refractivity contribution is 9.09. The van der Waals surface area contributed by atoms with Gasteiger partial charge in [0.15, 0.2) is 0 Å². The van der Waals surface area contributed by atoms with Crippen LogP contribution in [0.3, 0.4) is 0 Å². The van der Waals surface area contributed by atoms with Gasteiger partial charge in [-0.15, -0.1) is 0 Å². The summed E-state index contributed by atoms with van der Waals surface area (Å²) in [6.45, 7) is 6.57. The summed E-state index contributed by atoms with van der Waals surface area (Å²) in [4.78, 5) is 0. The molecule has 0 unspecified atom stereocenters. The van der Waals surface area contributed by atoms with Gasteiger partial charge in [-0.2, -0.15) is 0 Å². The van der Waals surface area contributed by atoms with Crippen molar-refractivity contribution in [1.82, 2.24) is 0 Å². The van der Waals surface area contributed by atoms with E-state index in [1.807, 2.05) is 0 Å². The summed E-state index contributed by atoms with van der Waals surface area (Å²) in [6.07, 6.45) is 2.55. The van der Waals surface area contributed by atoms with Crippen LogP contribution < -0.4 is 0 Å². The minimum Gasteiger partial charge on any atom is -0.381 e. The fourth-order valence-electron chi connectivity index (χ4n) is 1.58. The van der Waals surface area contributed by atoms with Crippen LogP contribution in [-0.4, -0.2) is 18.5 Å². The third kappa shape index (κ3) is 3.12. The highest BCUT2D eigenvalue weighted by Gasteiger charge is 2.24. The first kappa shape index (κ1) is 9.53. The van der Waals surface area contributed by atoms with Gasteiger partial charge in [-0.25, -0.2) is 0 Å². The second kappa shape index (κ2) is 3.90. The Labute approximate surface area is 77.6 Å². The van der Waals surface area contributed by atoms with E-state index in [0.717, 1.165) is 24.5 Å². The van der Waals surface area contributed by atoms with Gasteiger partial charge >= 0.3 is 0 Å². The number of hydrogen-bond donors (Lipinski definition) is 0. The summed E-state index contributed by atoms with van der Waals surface area (Å²) in [5.74, 6) is 0.808. The second-order valence-corrected chi connectivity index (χ2v) is 4.79. The van der Waals surface area contributed by atoms with Crippen LogP contribution in [0.2, 0.25) is 0 Å². The molecule has 0 radical (unpaired) electrons. The first-order valence-electron chi connectivity index (χ1n) is 4.28. The molecule has 1 nitrogen and oxygen atoms in total. The molecule has 0 saturated carbocycles. The van der Waals surface area contributed by atoms with E-state index in [1.165, 1.54) is 12.8 Å². The molecule has 0 bridgehead atoms. The van der Waals surface area contributed by atoms with Gasteiger partial charge in [0, 0.05) is 18.5 Å². The molecule has 0 aromatic rings. The lowest BCUT2D eigenvalue weighted by molar-refractivity contribution is 0.174. The zero-order valence-corrected chi connectivity index (χ0v) is 8.99. The lowest BCUT2D eigenvalue weighted by Gasteiger charge is -2.24. The minimum atomic E-state index is 0.443. The molecule has 0 aliphatic carbocycles. The van der Waals surface area contributed by atoms with Crippen LogP contribution in [0.25, 0.3) is 0 Å². The van der Waals surface area contributed by atoms with Gasteiger partial charge in [0.25, 0.3) is 0 Å². The molecule has 0 aromatic carbocycles. The fourth-order valence-corrected chi connectivity index (χ4v) is 1.81. The standard InChI is InChI=1S/C9H17BrO/c1-9(2,7-10)5-8-3-4-11-6-8/h8H,3-7H2,1-2H3/t8-/m0/s1. The number of alkyl halides is 1. The molecule has 1 atom stereocenters. The van der Waals surface area contributed by atoms with Gasteiger partial charge in [-0.3, -0.25) is 0 Å². The Balaban J connectivity index is 2.28. The van der Waals surface area contributed by atoms with E-state index in [4.69, 9.17) is 4.74 Å². The lowest BCUT2D eigenvalue weighted by atomic mass is 9.84. The molecule has 0 aromatic heterocycles. The molecule has 1 aliphatic rings. The molecule has 1 aliphatic heterocycles. The Hall–Kier alpha value is 0.440. The first-order valence-corrected chi connectivity index (χ1v) is 5.40. The van der Waals surface area contributed by atoms with Crippen LogP contribution >= 0.6 is 15.9 Å². The molecule has 1 heterocycles. The quantitative estimate of drug-likeness (QED) is 0.666. The highest BCUT2D eigenvalue weighted by atomic mass is 79.9. The molecule has 66 valence electrons. The van der Waals surface area contributed by atoms with Gasteiger partial charge in [0.1, 0.15) is 0 Å². The molecule has 2 heteroatoms. The van der Waals surface area contributed by atoms with Gasteiger partial charge in [-0.1, -0.05) is 29.8 Å². The number of rotatable bonds is 3. The molecule has 1 saturated heterocycles. The van der Waals surface area contributed by atoms with Crippen LogP contribution in [-0.2, 0) is 4.74 Å². The third-order valence-corrected chi connectivity index (χ3v) is 3.74. The van der Waals surface area contributed by atoms with E-state index in [9.17, 15) is 0 Å². The van der Waals surface area contributed by atoms with Crippen LogP contribution in [0.5, 0.6) is 0 Å². The van der Waals surface area contributed by atoms with Crippen molar-refractivity contribution >= 4 is 15.9 Å². The number of hydrogen-bond acceptors (Lipinski definition) is 1. The number of halogens is 1. The van der Waals surface area contributed by atoms with Crippen LogP contribution in [0.15, 0.2) is 0 Å². The maximum Gasteiger partial charge on any atom is 0.0495 e. The topological polar surface area (TPSA) is 9.23 Å². The first-order chi connectivity index (χ1) is 5.14. The van der Waals surface area contributed by atoms with Crippen molar-refractivity contribution in [3.05, 3.63) is 0 Å². The highest BCUT2D eigenvalue weighted by Crippen LogP contribution is 2.31. The summed E-state index contributed by atoms with van der Waals surface area (Å²) in [7, 11) is 0. The summed E-state index contributed by atoms with van der Waals surface area (Å²) >= 11 is 3.54. The van der Waals surface area contributed by atoms with Crippen LogP contribution in [0, 0.1) is 11.3 Å². The van der Waals surface area contributed by atoms with E-state index in [1.54, 1.807) is 0 Å². The van der Waals surface area contributed by atoms with Crippen LogP contribution in [0.4, 0.5) is 0 Å². The van der Waals surface area contributed by atoms with E-state index in [0.29, 0.717) is 5.41 Å². The Morgan fingerprint density at radius 1 is 1.55 bits per heavy atom. The van der Waals surface area contributed by atoms with E-state index < -0.39 is 0 Å². The summed E-state index contributed by atoms with van der Waals surface area (Å²) in [5.41, 5.74) is 0.443. The lowest BCUT2D eigenvalue weighted by Crippen LogP contribution is -2.18. The molecular formula is C9H17BrO. The molecular weight excluding hydrogens is 204 g/mol. The normalized spacial score (nSPS) is 25.9. The third-order valence-electron chi connectivity index (χ3n) is 2.23. The minimum absolute atomic E-state index is 0.443. The predicted molar refractivity (Wildman–Crippen MR) is 51.1 cm³/mol. The maximum atomic E-state index is 5.33. The van der Waals surface area contributed by atoms with Crippen LogP contribution in [0.1, 0.15) is 26.7 Å². The van der Waals surface area contributed by atoms with E-state index >= 15 is 0 Å². The molecule has 0 amide bonds. The average molecular weight is 221 g/mol. The Bertz CT molecular complexity index is 117. The smallest absolute Gasteiger partial charge is 0.0495 e. The largest absolute Gasteiger partial charge is 0.381 e. The van der Waals surface area contributed by atoms with Crippen molar-refractivity contribution in [2.24, 2.45) is 11.3 Å². The molecule has 0 N–H and O–H groups in total. The number of ether oxygens (including phenoxy) is 1. The predicted octanol–water partition coefficient (Wildman–Crippen LogP) is 2.83. The maximum absolute atomic E-state index is 5.33. The monoisotopic (exact) mass is 220 g/mol. The molecule has 11 heavy (non-hydrogen) atoms. The van der Waals surface area contributed by atoms with Crippen molar-refractivity contribution < 1.29 is 4.74 Å². The van der Waals surface area contributed by atoms with E-state index in [-0.39, 0.29) is 0 Å². The van der Waals surface area contributed by atoms with Gasteiger partial charge in [-0.05, 0) is 24.2 Å². The molecule has 1 fully saturated rings. The Morgan fingerprint density at radius 2 is 2.27 bits per heavy atom. The average Bonchev–Trinajstić information content (AvgIpc) is 2.39. The Morgan fingerprint density at radius 3 is 2.73 bits per heavy atom. The molecule has 0 spiro atoms. The van der Waals surface area contributed by atoms with Crippen molar-refractivity contribution in [3.63, 3.8) is 0 Å². The zero-order chi connectivity index (χ0) is 8.32. The van der Waals surface area contributed by atoms with Crippen molar-refractivity contribution in [3.8, 4) is 0 Å². The van der Waals surface area contributed by atoms with Gasteiger partial charge in [0.05, 0.1) is 0 Å². The van der Waals surface area contributed by atoms with Gasteiger partial charge in [0.2, 0.25) is 0 Å². The van der Waals surface area contributed by atoms with E-state index in [2.05, 4.69) is 29.8 Å². The second-order valence-electron chi connectivity index (χ2n) is 4.23. The molecule has 1 rings (SSSR count). The fraction of sp³-hybridized carbons (Fsp3) is 1.00. The zero-order valence-electron chi connectivity index (χ0n) is 7.40. The van der Waals surface area contributed by atoms with Gasteiger partial charge < -0.3 is 4.74 Å². The summed E-state index contributed by atoms with van der Waals surface area (Å²) in [6, 6.07) is 0. The van der Waals surface area contributed by atoms with Crippen molar-refractivity contribution in [2.45, 2.75) is 26.7 Å². The summed E-state index contributed by atoms with van der Waals surface area (Å²) < 4.78 is 5.33.